The van der Waals surface area contributed by atoms with Crippen molar-refractivity contribution >= 4 is 34.8 Å². The van der Waals surface area contributed by atoms with Gasteiger partial charge in [-0.1, -0.05) is 24.3 Å². The smallest absolute Gasteiger partial charge is 0.413 e. The van der Waals surface area contributed by atoms with Crippen LogP contribution in [0.2, 0.25) is 0 Å². The monoisotopic (exact) mass is 450 g/mol. The molecule has 0 fully saturated rings. The van der Waals surface area contributed by atoms with E-state index in [1.54, 1.807) is 42.6 Å². The van der Waals surface area contributed by atoms with E-state index >= 15 is 0 Å². The fourth-order valence-electron chi connectivity index (χ4n) is 2.96. The second-order valence-corrected chi connectivity index (χ2v) is 6.83. The van der Waals surface area contributed by atoms with Crippen molar-refractivity contribution in [1.82, 2.24) is 20.3 Å². The molecule has 0 aliphatic heterocycles. The number of nitrogens with zero attached hydrogens (tertiary/aromatic N) is 4. The first kappa shape index (κ1) is 23.1. The normalized spacial score (nSPS) is 11.1. The molecule has 0 saturated heterocycles. The molecule has 1 aromatic carbocycles. The van der Waals surface area contributed by atoms with Gasteiger partial charge in [0.25, 0.3) is 0 Å². The third-order valence-corrected chi connectivity index (χ3v) is 4.62. The molecule has 170 valence electrons. The van der Waals surface area contributed by atoms with Crippen LogP contribution >= 0.6 is 0 Å². The second kappa shape index (κ2) is 10.2. The molecule has 0 unspecified atom stereocenters. The van der Waals surface area contributed by atoms with Crippen LogP contribution in [0.4, 0.5) is 26.5 Å². The fraction of sp³-hybridized carbons (Fsp3) is 0.136. The van der Waals surface area contributed by atoms with Gasteiger partial charge >= 0.3 is 6.09 Å². The number of halogens is 1. The predicted molar refractivity (Wildman–Crippen MR) is 124 cm³/mol. The molecule has 0 radical (unpaired) electrons. The van der Waals surface area contributed by atoms with Gasteiger partial charge in [0, 0.05) is 25.4 Å². The van der Waals surface area contributed by atoms with Crippen molar-refractivity contribution in [2.75, 3.05) is 30.5 Å². The molecule has 33 heavy (non-hydrogen) atoms. The molecule has 0 aliphatic rings. The maximum Gasteiger partial charge on any atom is 0.413 e. The van der Waals surface area contributed by atoms with E-state index in [0.717, 1.165) is 4.90 Å². The second-order valence-electron chi connectivity index (χ2n) is 6.83. The highest BCUT2D eigenvalue weighted by Crippen LogP contribution is 2.27. The molecule has 0 aliphatic carbocycles. The summed E-state index contributed by atoms with van der Waals surface area (Å²) in [7, 11) is 2.63. The molecule has 2 heterocycles. The highest BCUT2D eigenvalue weighted by atomic mass is 19.1. The number of pyridine rings is 1. The zero-order valence-electron chi connectivity index (χ0n) is 18.0. The minimum atomic E-state index is -0.700. The number of anilines is 3. The van der Waals surface area contributed by atoms with Crippen LogP contribution in [0.15, 0.2) is 54.7 Å². The Labute approximate surface area is 189 Å². The number of amides is 1. The van der Waals surface area contributed by atoms with Crippen molar-refractivity contribution in [1.29, 1.82) is 5.41 Å². The zero-order valence-corrected chi connectivity index (χ0v) is 18.0. The largest absolute Gasteiger partial charge is 0.452 e. The van der Waals surface area contributed by atoms with Crippen LogP contribution in [0.3, 0.4) is 0 Å². The molecule has 3 rings (SSSR count). The molecule has 6 N–H and O–H groups in total. The summed E-state index contributed by atoms with van der Waals surface area (Å²) in [6, 6.07) is 11.7. The van der Waals surface area contributed by atoms with E-state index in [1.807, 2.05) is 0 Å². The van der Waals surface area contributed by atoms with Crippen molar-refractivity contribution in [3.05, 3.63) is 77.6 Å². The third kappa shape index (κ3) is 5.39. The Kier molecular flexibility index (Phi) is 7.13. The molecule has 11 heteroatoms. The van der Waals surface area contributed by atoms with Crippen molar-refractivity contribution < 1.29 is 13.9 Å². The number of carbonyl (C=O) groups excluding carboxylic acids is 1. The van der Waals surface area contributed by atoms with Crippen molar-refractivity contribution in [3.63, 3.8) is 0 Å². The van der Waals surface area contributed by atoms with Crippen LogP contribution in [0.25, 0.3) is 5.70 Å². The van der Waals surface area contributed by atoms with Crippen LogP contribution < -0.4 is 21.7 Å². The van der Waals surface area contributed by atoms with Gasteiger partial charge in [-0.15, -0.1) is 0 Å². The van der Waals surface area contributed by atoms with E-state index in [9.17, 15) is 9.18 Å². The number of nitrogens with two attached hydrogens (primary N) is 2. The van der Waals surface area contributed by atoms with Crippen LogP contribution in [0.1, 0.15) is 17.1 Å². The Morgan fingerprint density at radius 3 is 2.45 bits per heavy atom. The summed E-state index contributed by atoms with van der Waals surface area (Å²) < 4.78 is 18.7. The molecule has 0 spiro atoms. The number of aromatic nitrogens is 3. The maximum atomic E-state index is 14.0. The number of hydrogen-bond donors (Lipinski definition) is 4. The Morgan fingerprint density at radius 2 is 1.85 bits per heavy atom. The van der Waals surface area contributed by atoms with Crippen molar-refractivity contribution in [3.8, 4) is 0 Å². The molecular weight excluding hydrogens is 427 g/mol. The SMILES string of the molecule is COC(=O)N(C)c1c(N)nc(C(=N)/C=C(\NCc2ccccc2F)c2ccccn2)nc1N. The number of carbonyl (C=O) groups is 1. The van der Waals surface area contributed by atoms with Gasteiger partial charge in [-0.2, -0.15) is 0 Å². The summed E-state index contributed by atoms with van der Waals surface area (Å²) in [5.74, 6) is -0.604. The lowest BCUT2D eigenvalue weighted by Gasteiger charge is -2.19. The molecule has 10 nitrogen and oxygen atoms in total. The number of benzene rings is 1. The lowest BCUT2D eigenvalue weighted by atomic mass is 10.1. The quantitative estimate of drug-likeness (QED) is 0.400. The van der Waals surface area contributed by atoms with Gasteiger partial charge in [-0.3, -0.25) is 15.3 Å². The molecule has 0 saturated carbocycles. The fourth-order valence-corrected chi connectivity index (χ4v) is 2.96. The third-order valence-electron chi connectivity index (χ3n) is 4.62. The Bertz CT molecular complexity index is 1180. The molecular formula is C22H23FN8O2. The molecule has 0 bridgehead atoms. The zero-order chi connectivity index (χ0) is 24.0. The Balaban J connectivity index is 1.93. The van der Waals surface area contributed by atoms with Gasteiger partial charge in [0.05, 0.1) is 18.5 Å². The van der Waals surface area contributed by atoms with Crippen LogP contribution in [-0.2, 0) is 11.3 Å². The van der Waals surface area contributed by atoms with E-state index in [1.165, 1.54) is 26.3 Å². The highest BCUT2D eigenvalue weighted by Gasteiger charge is 2.21. The van der Waals surface area contributed by atoms with Crippen LogP contribution in [0, 0.1) is 11.2 Å². The Morgan fingerprint density at radius 1 is 1.18 bits per heavy atom. The van der Waals surface area contributed by atoms with E-state index in [0.29, 0.717) is 17.0 Å². The van der Waals surface area contributed by atoms with Gasteiger partial charge in [-0.25, -0.2) is 19.2 Å². The van der Waals surface area contributed by atoms with Crippen molar-refractivity contribution in [2.24, 2.45) is 0 Å². The first-order valence-electron chi connectivity index (χ1n) is 9.75. The number of hydrogen-bond acceptors (Lipinski definition) is 9. The van der Waals surface area contributed by atoms with Crippen molar-refractivity contribution in [2.45, 2.75) is 6.54 Å². The lowest BCUT2D eigenvalue weighted by molar-refractivity contribution is 0.180. The average molecular weight is 450 g/mol. The minimum absolute atomic E-state index is 0.0619. The topological polar surface area (TPSA) is 156 Å². The summed E-state index contributed by atoms with van der Waals surface area (Å²) >= 11 is 0. The number of nitrogens with one attached hydrogen (secondary N) is 2. The van der Waals surface area contributed by atoms with Gasteiger partial charge in [0.15, 0.2) is 17.5 Å². The van der Waals surface area contributed by atoms with Gasteiger partial charge in [-0.05, 0) is 24.3 Å². The van der Waals surface area contributed by atoms with E-state index < -0.39 is 6.09 Å². The van der Waals surface area contributed by atoms with Crippen LogP contribution in [0.5, 0.6) is 0 Å². The summed E-state index contributed by atoms with van der Waals surface area (Å²) in [6.45, 7) is 0.163. The van der Waals surface area contributed by atoms with Gasteiger partial charge in [0.2, 0.25) is 0 Å². The number of nitrogen functional groups attached to an aromatic ring is 2. The number of methoxy groups -OCH3 is 1. The first-order chi connectivity index (χ1) is 15.8. The van der Waals surface area contributed by atoms with Crippen LogP contribution in [-0.4, -0.2) is 40.9 Å². The predicted octanol–water partition coefficient (Wildman–Crippen LogP) is 2.58. The molecule has 0 atom stereocenters. The molecule has 2 aromatic heterocycles. The highest BCUT2D eigenvalue weighted by molar-refractivity contribution is 6.08. The van der Waals surface area contributed by atoms with E-state index in [4.69, 9.17) is 16.9 Å². The summed E-state index contributed by atoms with van der Waals surface area (Å²) in [5.41, 5.74) is 13.3. The minimum Gasteiger partial charge on any atom is -0.452 e. The Hall–Kier alpha value is -4.54. The van der Waals surface area contributed by atoms with Gasteiger partial charge < -0.3 is 21.5 Å². The molecule has 3 aromatic rings. The maximum absolute atomic E-state index is 14.0. The summed E-state index contributed by atoms with van der Waals surface area (Å²) in [4.78, 5) is 25.4. The standard InChI is InChI=1S/C22H23FN8O2/c1-31(22(32)33-2)18-19(25)29-21(30-20(18)26)15(24)11-17(16-9-5-6-10-27-16)28-12-13-7-3-4-8-14(13)23/h3-11,24,28H,12H2,1-2H3,(H4,25,26,29,30)/b17-11-,24-15?. The first-order valence-corrected chi connectivity index (χ1v) is 9.75. The number of rotatable bonds is 7. The average Bonchev–Trinajstić information content (AvgIpc) is 2.81. The van der Waals surface area contributed by atoms with E-state index in [2.05, 4.69) is 25.0 Å². The number of allylic oxidation sites excluding steroid dienone is 1. The summed E-state index contributed by atoms with van der Waals surface area (Å²) in [5, 5.41) is 11.6. The van der Waals surface area contributed by atoms with Gasteiger partial charge in [0.1, 0.15) is 17.2 Å². The molecule has 1 amide bonds. The number of ether oxygens (including phenoxy) is 1. The lowest BCUT2D eigenvalue weighted by Crippen LogP contribution is -2.29. The summed E-state index contributed by atoms with van der Waals surface area (Å²) in [6.07, 6.45) is 2.34. The van der Waals surface area contributed by atoms with E-state index in [-0.39, 0.29) is 41.2 Å².